The van der Waals surface area contributed by atoms with Crippen molar-refractivity contribution in [3.63, 3.8) is 0 Å². The third-order valence-corrected chi connectivity index (χ3v) is 5.62. The summed E-state index contributed by atoms with van der Waals surface area (Å²) < 4.78 is 11.0. The van der Waals surface area contributed by atoms with E-state index >= 15 is 0 Å². The van der Waals surface area contributed by atoms with Gasteiger partial charge in [0.1, 0.15) is 11.4 Å². The minimum Gasteiger partial charge on any atom is -0.497 e. The van der Waals surface area contributed by atoms with Crippen LogP contribution in [0.15, 0.2) is 48.5 Å². The number of hydrogen-bond acceptors (Lipinski definition) is 7. The van der Waals surface area contributed by atoms with Crippen LogP contribution < -0.4 is 4.74 Å². The summed E-state index contributed by atoms with van der Waals surface area (Å²) in [6.07, 6.45) is 1.99. The van der Waals surface area contributed by atoms with Crippen LogP contribution in [0, 0.1) is 17.2 Å². The molecule has 0 aliphatic heterocycles. The van der Waals surface area contributed by atoms with E-state index in [1.165, 1.54) is 0 Å². The van der Waals surface area contributed by atoms with E-state index in [1.807, 2.05) is 64.1 Å². The number of benzene rings is 2. The zero-order valence-corrected chi connectivity index (χ0v) is 21.1. The molecule has 0 spiro atoms. The number of rotatable bonds is 10. The maximum atomic E-state index is 13.3. The molecule has 8 nitrogen and oxygen atoms in total. The molecule has 35 heavy (non-hydrogen) atoms. The van der Waals surface area contributed by atoms with Crippen LogP contribution in [0.2, 0.25) is 0 Å². The highest BCUT2D eigenvalue weighted by molar-refractivity contribution is 5.74. The lowest BCUT2D eigenvalue weighted by atomic mass is 9.83. The van der Waals surface area contributed by atoms with Crippen molar-refractivity contribution in [1.82, 2.24) is 20.2 Å². The summed E-state index contributed by atoms with van der Waals surface area (Å²) in [6, 6.07) is 17.2. The van der Waals surface area contributed by atoms with Gasteiger partial charge in [-0.15, -0.1) is 10.2 Å². The van der Waals surface area contributed by atoms with Crippen LogP contribution in [-0.2, 0) is 22.5 Å². The summed E-state index contributed by atoms with van der Waals surface area (Å²) in [5, 5.41) is 22.4. The first-order valence-electron chi connectivity index (χ1n) is 11.8. The molecule has 0 saturated heterocycles. The molecule has 8 heteroatoms. The second-order valence-electron chi connectivity index (χ2n) is 9.57. The van der Waals surface area contributed by atoms with Gasteiger partial charge in [0.15, 0.2) is 5.82 Å². The number of nitriles is 1. The van der Waals surface area contributed by atoms with Crippen LogP contribution in [-0.4, -0.2) is 38.9 Å². The summed E-state index contributed by atoms with van der Waals surface area (Å²) in [7, 11) is 1.63. The van der Waals surface area contributed by atoms with Gasteiger partial charge in [-0.3, -0.25) is 4.79 Å². The Morgan fingerprint density at radius 2 is 1.74 bits per heavy atom. The fraction of sp³-hybridized carbons (Fsp3) is 0.444. The Balaban J connectivity index is 1.91. The Kier molecular flexibility index (Phi) is 8.58. The maximum Gasteiger partial charge on any atom is 0.310 e. The minimum absolute atomic E-state index is 0.260. The third-order valence-electron chi connectivity index (χ3n) is 5.62. The second-order valence-corrected chi connectivity index (χ2v) is 9.57. The first kappa shape index (κ1) is 25.9. The van der Waals surface area contributed by atoms with Gasteiger partial charge in [-0.2, -0.15) is 10.1 Å². The molecule has 3 aromatic rings. The van der Waals surface area contributed by atoms with Crippen LogP contribution in [0.4, 0.5) is 0 Å². The predicted octanol–water partition coefficient (Wildman–Crippen LogP) is 4.69. The first-order valence-corrected chi connectivity index (χ1v) is 11.8. The van der Waals surface area contributed by atoms with Gasteiger partial charge in [0.25, 0.3) is 0 Å². The van der Waals surface area contributed by atoms with Gasteiger partial charge >= 0.3 is 5.97 Å². The summed E-state index contributed by atoms with van der Waals surface area (Å²) in [5.74, 6) is 0.288. The van der Waals surface area contributed by atoms with Crippen molar-refractivity contribution in [3.8, 4) is 11.8 Å². The average Bonchev–Trinajstić information content (AvgIpc) is 3.29. The number of carbonyl (C=O) groups is 1. The maximum absolute atomic E-state index is 13.3. The quantitative estimate of drug-likeness (QED) is 0.392. The summed E-state index contributed by atoms with van der Waals surface area (Å²) in [4.78, 5) is 14.8. The van der Waals surface area contributed by atoms with Crippen LogP contribution in [0.1, 0.15) is 69.0 Å². The van der Waals surface area contributed by atoms with Crippen molar-refractivity contribution in [1.29, 1.82) is 5.26 Å². The lowest BCUT2D eigenvalue weighted by Gasteiger charge is -2.28. The molecule has 2 atom stereocenters. The monoisotopic (exact) mass is 475 g/mol. The van der Waals surface area contributed by atoms with E-state index in [2.05, 4.69) is 21.5 Å². The number of tetrazole rings is 1. The highest BCUT2D eigenvalue weighted by atomic mass is 16.6. The second kappa shape index (κ2) is 11.6. The van der Waals surface area contributed by atoms with Crippen LogP contribution in [0.3, 0.4) is 0 Å². The van der Waals surface area contributed by atoms with Crippen LogP contribution in [0.25, 0.3) is 0 Å². The lowest BCUT2D eigenvalue weighted by molar-refractivity contribution is -0.161. The molecule has 0 aliphatic carbocycles. The van der Waals surface area contributed by atoms with Crippen molar-refractivity contribution in [2.45, 2.75) is 65.0 Å². The van der Waals surface area contributed by atoms with E-state index in [4.69, 9.17) is 14.7 Å². The number of hydrogen-bond donors (Lipinski definition) is 0. The molecule has 0 unspecified atom stereocenters. The molecule has 0 amide bonds. The Morgan fingerprint density at radius 3 is 2.31 bits per heavy atom. The number of esters is 1. The standard InChI is InChI=1S/C27H33N5O3/c1-6-7-23(26(33)35-27(2,3)4)24(16-19-8-10-20(17-28)11-9-19)25-29-31-32(30-25)18-21-12-14-22(34-5)15-13-21/h8-15,23-24H,6-7,16,18H2,1-5H3/t23-,24-/m0/s1. The number of nitrogens with zero attached hydrogens (tertiary/aromatic N) is 5. The van der Waals surface area contributed by atoms with E-state index in [-0.39, 0.29) is 11.9 Å². The first-order chi connectivity index (χ1) is 16.7. The van der Waals surface area contributed by atoms with Gasteiger partial charge in [0.2, 0.25) is 0 Å². The van der Waals surface area contributed by atoms with E-state index in [1.54, 1.807) is 24.0 Å². The van der Waals surface area contributed by atoms with Gasteiger partial charge in [0.05, 0.1) is 31.2 Å². The van der Waals surface area contributed by atoms with Crippen LogP contribution in [0.5, 0.6) is 5.75 Å². The molecule has 0 N–H and O–H groups in total. The van der Waals surface area contributed by atoms with Crippen molar-refractivity contribution in [2.24, 2.45) is 5.92 Å². The lowest BCUT2D eigenvalue weighted by Crippen LogP contribution is -2.33. The number of carbonyl (C=O) groups excluding carboxylic acids is 1. The molecule has 0 aliphatic rings. The van der Waals surface area contributed by atoms with Gasteiger partial charge in [-0.05, 0) is 74.2 Å². The van der Waals surface area contributed by atoms with Gasteiger partial charge < -0.3 is 9.47 Å². The number of methoxy groups -OCH3 is 1. The highest BCUT2D eigenvalue weighted by Crippen LogP contribution is 2.32. The van der Waals surface area contributed by atoms with Crippen LogP contribution >= 0.6 is 0 Å². The van der Waals surface area contributed by atoms with Crippen molar-refractivity contribution in [2.75, 3.05) is 7.11 Å². The molecule has 2 aromatic carbocycles. The summed E-state index contributed by atoms with van der Waals surface area (Å²) in [6.45, 7) is 8.10. The normalized spacial score (nSPS) is 13.0. The molecule has 1 aromatic heterocycles. The zero-order valence-electron chi connectivity index (χ0n) is 21.1. The fourth-order valence-electron chi connectivity index (χ4n) is 3.92. The van der Waals surface area contributed by atoms with Crippen molar-refractivity contribution in [3.05, 3.63) is 71.0 Å². The largest absolute Gasteiger partial charge is 0.497 e. The molecule has 0 bridgehead atoms. The minimum atomic E-state index is -0.596. The highest BCUT2D eigenvalue weighted by Gasteiger charge is 2.35. The molecular formula is C27H33N5O3. The summed E-state index contributed by atoms with van der Waals surface area (Å²) in [5.41, 5.74) is 1.99. The van der Waals surface area contributed by atoms with E-state index in [0.717, 1.165) is 23.3 Å². The molecule has 0 saturated carbocycles. The molecule has 0 fully saturated rings. The third kappa shape index (κ3) is 7.38. The van der Waals surface area contributed by atoms with Crippen molar-refractivity contribution >= 4 is 5.97 Å². The molecular weight excluding hydrogens is 442 g/mol. The Labute approximate surface area is 206 Å². The smallest absolute Gasteiger partial charge is 0.310 e. The van der Waals surface area contributed by atoms with Crippen molar-refractivity contribution < 1.29 is 14.3 Å². The Morgan fingerprint density at radius 1 is 1.09 bits per heavy atom. The van der Waals surface area contributed by atoms with Gasteiger partial charge in [0, 0.05) is 5.92 Å². The molecule has 0 radical (unpaired) electrons. The number of aromatic nitrogens is 4. The molecule has 1 heterocycles. The fourth-order valence-corrected chi connectivity index (χ4v) is 3.92. The van der Waals surface area contributed by atoms with E-state index in [9.17, 15) is 4.79 Å². The van der Waals surface area contributed by atoms with E-state index in [0.29, 0.717) is 30.8 Å². The molecule has 3 rings (SSSR count). The SMILES string of the molecule is CCC[C@H](C(=O)OC(C)(C)C)[C@H](Cc1ccc(C#N)cc1)c1nnn(Cc2ccc(OC)cc2)n1. The van der Waals surface area contributed by atoms with Gasteiger partial charge in [-0.25, -0.2) is 0 Å². The average molecular weight is 476 g/mol. The predicted molar refractivity (Wildman–Crippen MR) is 132 cm³/mol. The Bertz CT molecular complexity index is 1140. The topological polar surface area (TPSA) is 103 Å². The number of ether oxygens (including phenoxy) is 2. The molecule has 184 valence electrons. The van der Waals surface area contributed by atoms with E-state index < -0.39 is 11.5 Å². The summed E-state index contributed by atoms with van der Waals surface area (Å²) >= 11 is 0. The van der Waals surface area contributed by atoms with Gasteiger partial charge in [-0.1, -0.05) is 37.6 Å². The zero-order chi connectivity index (χ0) is 25.4. The Hall–Kier alpha value is -3.73.